The number of rotatable bonds is 5. The molecule has 1 N–H and O–H groups in total. The van der Waals surface area contributed by atoms with Crippen molar-refractivity contribution in [3.63, 3.8) is 0 Å². The van der Waals surface area contributed by atoms with Crippen LogP contribution in [0.2, 0.25) is 0 Å². The summed E-state index contributed by atoms with van der Waals surface area (Å²) in [6, 6.07) is 0.185. The Hall–Kier alpha value is -0.660. The van der Waals surface area contributed by atoms with Gasteiger partial charge in [0.15, 0.2) is 9.84 Å². The second-order valence-electron chi connectivity index (χ2n) is 4.71. The fraction of sp³-hybridized carbons (Fsp3) is 0.909. The molecule has 6 nitrogen and oxygen atoms in total. The molecule has 1 fully saturated rings. The van der Waals surface area contributed by atoms with E-state index in [1.165, 1.54) is 6.92 Å². The molecule has 0 aromatic carbocycles. The number of amides is 1. The van der Waals surface area contributed by atoms with Gasteiger partial charge in [-0.1, -0.05) is 0 Å². The van der Waals surface area contributed by atoms with E-state index in [9.17, 15) is 13.2 Å². The van der Waals surface area contributed by atoms with Gasteiger partial charge < -0.3 is 10.1 Å². The molecule has 2 atom stereocenters. The van der Waals surface area contributed by atoms with Crippen LogP contribution in [0.5, 0.6) is 0 Å². The average Bonchev–Trinajstić information content (AvgIpc) is 2.34. The third-order valence-electron chi connectivity index (χ3n) is 3.25. The second kappa shape index (κ2) is 6.49. The van der Waals surface area contributed by atoms with Crippen molar-refractivity contribution in [1.29, 1.82) is 0 Å². The van der Waals surface area contributed by atoms with Crippen LogP contribution in [0.1, 0.15) is 13.8 Å². The zero-order valence-corrected chi connectivity index (χ0v) is 12.0. The van der Waals surface area contributed by atoms with Crippen molar-refractivity contribution in [3.05, 3.63) is 0 Å². The van der Waals surface area contributed by atoms with Gasteiger partial charge in [0.05, 0.1) is 13.2 Å². The van der Waals surface area contributed by atoms with Crippen molar-refractivity contribution < 1.29 is 17.9 Å². The van der Waals surface area contributed by atoms with Crippen LogP contribution in [0.4, 0.5) is 0 Å². The maximum atomic E-state index is 11.6. The molecule has 1 amide bonds. The molecule has 18 heavy (non-hydrogen) atoms. The normalized spacial score (nSPS) is 21.3. The lowest BCUT2D eigenvalue weighted by Crippen LogP contribution is -2.49. The van der Waals surface area contributed by atoms with E-state index in [2.05, 4.69) is 10.2 Å². The highest BCUT2D eigenvalue weighted by Gasteiger charge is 2.24. The van der Waals surface area contributed by atoms with Gasteiger partial charge in [0.25, 0.3) is 0 Å². The Bertz CT molecular complexity index is 377. The van der Waals surface area contributed by atoms with Gasteiger partial charge in [-0.25, -0.2) is 8.42 Å². The predicted octanol–water partition coefficient (Wildman–Crippen LogP) is -0.744. The van der Waals surface area contributed by atoms with E-state index < -0.39 is 21.0 Å². The summed E-state index contributed by atoms with van der Waals surface area (Å²) in [6.07, 6.45) is 1.07. The summed E-state index contributed by atoms with van der Waals surface area (Å²) in [6.45, 7) is 6.98. The summed E-state index contributed by atoms with van der Waals surface area (Å²) in [5, 5.41) is 1.69. The van der Waals surface area contributed by atoms with Crippen molar-refractivity contribution in [1.82, 2.24) is 10.2 Å². The molecule has 0 radical (unpaired) electrons. The Morgan fingerprint density at radius 1 is 1.33 bits per heavy atom. The fourth-order valence-corrected chi connectivity index (χ4v) is 2.21. The van der Waals surface area contributed by atoms with Crippen LogP contribution in [-0.2, 0) is 19.4 Å². The highest BCUT2D eigenvalue weighted by atomic mass is 32.2. The molecule has 1 aliphatic heterocycles. The number of hydrogen-bond donors (Lipinski definition) is 1. The number of ether oxygens (including phenoxy) is 1. The molecule has 1 saturated heterocycles. The van der Waals surface area contributed by atoms with Crippen LogP contribution in [0.15, 0.2) is 0 Å². The minimum absolute atomic E-state index is 0.185. The summed E-state index contributed by atoms with van der Waals surface area (Å²) < 4.78 is 27.7. The van der Waals surface area contributed by atoms with Gasteiger partial charge in [0, 0.05) is 31.9 Å². The van der Waals surface area contributed by atoms with Gasteiger partial charge in [0.2, 0.25) is 5.91 Å². The molecular weight excluding hydrogens is 256 g/mol. The largest absolute Gasteiger partial charge is 0.379 e. The second-order valence-corrected chi connectivity index (χ2v) is 7.08. The van der Waals surface area contributed by atoms with Gasteiger partial charge in [0.1, 0.15) is 5.25 Å². The highest BCUT2D eigenvalue weighted by Crippen LogP contribution is 2.03. The molecule has 0 aliphatic carbocycles. The lowest BCUT2D eigenvalue weighted by atomic mass is 10.2. The van der Waals surface area contributed by atoms with Gasteiger partial charge in [-0.05, 0) is 13.8 Å². The molecule has 0 aromatic rings. The van der Waals surface area contributed by atoms with Crippen LogP contribution in [-0.4, -0.2) is 69.6 Å². The molecule has 0 aromatic heterocycles. The van der Waals surface area contributed by atoms with Gasteiger partial charge in [-0.2, -0.15) is 0 Å². The summed E-state index contributed by atoms with van der Waals surface area (Å²) in [7, 11) is -3.32. The van der Waals surface area contributed by atoms with E-state index in [0.717, 1.165) is 19.3 Å². The van der Waals surface area contributed by atoms with Crippen LogP contribution < -0.4 is 5.32 Å². The van der Waals surface area contributed by atoms with Crippen LogP contribution in [0, 0.1) is 0 Å². The molecule has 1 heterocycles. The van der Waals surface area contributed by atoms with Gasteiger partial charge >= 0.3 is 0 Å². The first kappa shape index (κ1) is 15.4. The molecule has 0 saturated carbocycles. The number of carbonyl (C=O) groups is 1. The van der Waals surface area contributed by atoms with Gasteiger partial charge in [-0.15, -0.1) is 0 Å². The average molecular weight is 278 g/mol. The van der Waals surface area contributed by atoms with E-state index in [1.54, 1.807) is 0 Å². The molecule has 0 spiro atoms. The first-order chi connectivity index (χ1) is 8.32. The molecule has 1 aliphatic rings. The van der Waals surface area contributed by atoms with E-state index in [-0.39, 0.29) is 6.04 Å². The van der Waals surface area contributed by atoms with Crippen molar-refractivity contribution in [2.75, 3.05) is 39.1 Å². The van der Waals surface area contributed by atoms with E-state index >= 15 is 0 Å². The lowest BCUT2D eigenvalue weighted by molar-refractivity contribution is -0.120. The zero-order chi connectivity index (χ0) is 13.8. The molecule has 7 heteroatoms. The summed E-state index contributed by atoms with van der Waals surface area (Å²) in [5.74, 6) is -0.433. The van der Waals surface area contributed by atoms with Crippen molar-refractivity contribution in [2.24, 2.45) is 0 Å². The van der Waals surface area contributed by atoms with Crippen molar-refractivity contribution in [3.8, 4) is 0 Å². The predicted molar refractivity (Wildman–Crippen MR) is 69.2 cm³/mol. The SMILES string of the molecule is CC(CNC(=O)C(C)S(C)(=O)=O)N1CCOCC1. The fourth-order valence-electron chi connectivity index (χ4n) is 1.73. The number of sulfone groups is 1. The molecule has 106 valence electrons. The molecule has 0 bridgehead atoms. The topological polar surface area (TPSA) is 75.7 Å². The van der Waals surface area contributed by atoms with E-state index in [0.29, 0.717) is 19.8 Å². The number of nitrogens with zero attached hydrogens (tertiary/aromatic N) is 1. The maximum Gasteiger partial charge on any atom is 0.238 e. The first-order valence-corrected chi connectivity index (χ1v) is 8.06. The zero-order valence-electron chi connectivity index (χ0n) is 11.2. The Kier molecular flexibility index (Phi) is 5.55. The monoisotopic (exact) mass is 278 g/mol. The highest BCUT2D eigenvalue weighted by molar-refractivity contribution is 7.92. The van der Waals surface area contributed by atoms with Crippen LogP contribution in [0.25, 0.3) is 0 Å². The van der Waals surface area contributed by atoms with Crippen LogP contribution >= 0.6 is 0 Å². The van der Waals surface area contributed by atoms with E-state index in [1.807, 2.05) is 6.92 Å². The van der Waals surface area contributed by atoms with Crippen LogP contribution in [0.3, 0.4) is 0 Å². The Morgan fingerprint density at radius 2 is 1.89 bits per heavy atom. The Balaban J connectivity index is 2.38. The minimum Gasteiger partial charge on any atom is -0.379 e. The molecule has 2 unspecified atom stereocenters. The first-order valence-electron chi connectivity index (χ1n) is 6.10. The van der Waals surface area contributed by atoms with Gasteiger partial charge in [-0.3, -0.25) is 9.69 Å². The third-order valence-corrected chi connectivity index (χ3v) is 4.75. The molecular formula is C11H22N2O4S. The Labute approximate surface area is 109 Å². The Morgan fingerprint density at radius 3 is 2.39 bits per heavy atom. The van der Waals surface area contributed by atoms with Crippen molar-refractivity contribution in [2.45, 2.75) is 25.1 Å². The third kappa shape index (κ3) is 4.55. The van der Waals surface area contributed by atoms with E-state index in [4.69, 9.17) is 4.74 Å². The number of nitrogens with one attached hydrogen (secondary N) is 1. The number of carbonyl (C=O) groups excluding carboxylic acids is 1. The smallest absolute Gasteiger partial charge is 0.238 e. The summed E-state index contributed by atoms with van der Waals surface area (Å²) in [5.41, 5.74) is 0. The molecule has 1 rings (SSSR count). The number of hydrogen-bond acceptors (Lipinski definition) is 5. The number of morpholine rings is 1. The minimum atomic E-state index is -3.32. The standard InChI is InChI=1S/C11H22N2O4S/c1-9(13-4-6-17-7-5-13)8-12-11(14)10(2)18(3,15)16/h9-10H,4-8H2,1-3H3,(H,12,14). The summed E-state index contributed by atoms with van der Waals surface area (Å²) in [4.78, 5) is 13.9. The van der Waals surface area contributed by atoms with Crippen molar-refractivity contribution >= 4 is 15.7 Å². The maximum absolute atomic E-state index is 11.6. The lowest BCUT2D eigenvalue weighted by Gasteiger charge is -2.32. The summed E-state index contributed by atoms with van der Waals surface area (Å²) >= 11 is 0. The quantitative estimate of drug-likeness (QED) is 0.716.